The van der Waals surface area contributed by atoms with Gasteiger partial charge in [-0.25, -0.2) is 13.4 Å². The Hall–Kier alpha value is -1.41. The van der Waals surface area contributed by atoms with Gasteiger partial charge in [0, 0.05) is 19.5 Å². The molecule has 1 aliphatic rings. The van der Waals surface area contributed by atoms with Gasteiger partial charge in [0.25, 0.3) is 10.0 Å². The van der Waals surface area contributed by atoms with Gasteiger partial charge in [0.15, 0.2) is 5.03 Å². The number of aliphatic carboxylic acids is 1. The van der Waals surface area contributed by atoms with Gasteiger partial charge in [-0.2, -0.15) is 4.31 Å². The number of hydrogen-bond acceptors (Lipinski definition) is 4. The van der Waals surface area contributed by atoms with E-state index >= 15 is 0 Å². The van der Waals surface area contributed by atoms with Gasteiger partial charge in [-0.05, 0) is 12.3 Å². The van der Waals surface area contributed by atoms with Crippen molar-refractivity contribution in [3.8, 4) is 0 Å². The molecule has 1 aromatic rings. The molecule has 118 valence electrons. The third-order valence-electron chi connectivity index (χ3n) is 4.35. The molecule has 0 aliphatic carbocycles. The predicted molar refractivity (Wildman–Crippen MR) is 76.2 cm³/mol. The minimum Gasteiger partial charge on any atom is -0.481 e. The molecule has 7 nitrogen and oxygen atoms in total. The van der Waals surface area contributed by atoms with E-state index in [0.29, 0.717) is 18.7 Å². The molecule has 0 bridgehead atoms. The molecule has 1 saturated heterocycles. The maximum Gasteiger partial charge on any atom is 0.311 e. The maximum absolute atomic E-state index is 12.6. The number of H-pyrrole nitrogens is 1. The molecule has 1 fully saturated rings. The molecule has 1 unspecified atom stereocenters. The fourth-order valence-corrected chi connectivity index (χ4v) is 4.13. The van der Waals surface area contributed by atoms with E-state index in [0.717, 1.165) is 0 Å². The molecule has 0 aromatic carbocycles. The number of aryl methyl sites for hydroxylation is 1. The summed E-state index contributed by atoms with van der Waals surface area (Å²) in [4.78, 5) is 18.4. The summed E-state index contributed by atoms with van der Waals surface area (Å²) < 4.78 is 26.4. The molecule has 0 radical (unpaired) electrons. The molecule has 21 heavy (non-hydrogen) atoms. The number of aromatic nitrogens is 2. The smallest absolute Gasteiger partial charge is 0.311 e. The first-order valence-corrected chi connectivity index (χ1v) is 8.45. The zero-order valence-electron chi connectivity index (χ0n) is 12.5. The fraction of sp³-hybridized carbons (Fsp3) is 0.692. The number of hydrogen-bond donors (Lipinski definition) is 2. The molecule has 0 amide bonds. The SMILES string of the molecule is CCc1ncc(S(=O)(=O)N2CCC(C(=O)O)(C(C)C)C2)[nH]1. The number of nitrogens with one attached hydrogen (secondary N) is 1. The Balaban J connectivity index is 2.29. The molecule has 1 aliphatic heterocycles. The first kappa shape index (κ1) is 16.0. The number of rotatable bonds is 5. The number of sulfonamides is 1. The Labute approximate surface area is 124 Å². The first-order chi connectivity index (χ1) is 9.74. The minimum atomic E-state index is -3.71. The zero-order valence-corrected chi connectivity index (χ0v) is 13.3. The van der Waals surface area contributed by atoms with Crippen LogP contribution < -0.4 is 0 Å². The second-order valence-corrected chi connectivity index (χ2v) is 7.66. The van der Waals surface area contributed by atoms with Crippen LogP contribution in [0.3, 0.4) is 0 Å². The van der Waals surface area contributed by atoms with Crippen LogP contribution in [0.1, 0.15) is 33.0 Å². The normalized spacial score (nSPS) is 23.8. The van der Waals surface area contributed by atoms with Crippen LogP contribution in [0.5, 0.6) is 0 Å². The third kappa shape index (κ3) is 2.57. The average Bonchev–Trinajstić information content (AvgIpc) is 3.06. The van der Waals surface area contributed by atoms with Gasteiger partial charge >= 0.3 is 5.97 Å². The molecular weight excluding hydrogens is 294 g/mol. The Morgan fingerprint density at radius 3 is 2.67 bits per heavy atom. The van der Waals surface area contributed by atoms with Crippen molar-refractivity contribution in [2.75, 3.05) is 13.1 Å². The van der Waals surface area contributed by atoms with Crippen LogP contribution in [0.15, 0.2) is 11.2 Å². The second kappa shape index (κ2) is 5.42. The summed E-state index contributed by atoms with van der Waals surface area (Å²) in [6.45, 7) is 5.72. The number of imidazole rings is 1. The Morgan fingerprint density at radius 2 is 2.24 bits per heavy atom. The standard InChI is InChI=1S/C13H21N3O4S/c1-4-10-14-7-11(15-10)21(19,20)16-6-5-13(8-16,9(2)3)12(17)18/h7,9H,4-6,8H2,1-3H3,(H,14,15)(H,17,18). The van der Waals surface area contributed by atoms with E-state index in [1.54, 1.807) is 0 Å². The van der Waals surface area contributed by atoms with Crippen LogP contribution in [0, 0.1) is 11.3 Å². The Kier molecular flexibility index (Phi) is 4.12. The van der Waals surface area contributed by atoms with E-state index in [1.165, 1.54) is 10.5 Å². The molecule has 2 N–H and O–H groups in total. The van der Waals surface area contributed by atoms with Gasteiger partial charge in [-0.3, -0.25) is 4.79 Å². The lowest BCUT2D eigenvalue weighted by molar-refractivity contribution is -0.150. The minimum absolute atomic E-state index is 0.00279. The first-order valence-electron chi connectivity index (χ1n) is 7.01. The summed E-state index contributed by atoms with van der Waals surface area (Å²) in [6, 6.07) is 0. The number of nitrogens with zero attached hydrogens (tertiary/aromatic N) is 2. The van der Waals surface area contributed by atoms with Crippen molar-refractivity contribution in [1.82, 2.24) is 14.3 Å². The van der Waals surface area contributed by atoms with Crippen molar-refractivity contribution in [3.05, 3.63) is 12.0 Å². The average molecular weight is 315 g/mol. The lowest BCUT2D eigenvalue weighted by Crippen LogP contribution is -2.40. The molecule has 0 spiro atoms. The lowest BCUT2D eigenvalue weighted by atomic mass is 9.77. The van der Waals surface area contributed by atoms with Gasteiger partial charge in [-0.1, -0.05) is 20.8 Å². The lowest BCUT2D eigenvalue weighted by Gasteiger charge is -2.28. The summed E-state index contributed by atoms with van der Waals surface area (Å²) in [7, 11) is -3.71. The van der Waals surface area contributed by atoms with Crippen LogP contribution in [-0.4, -0.2) is 46.9 Å². The van der Waals surface area contributed by atoms with Crippen molar-refractivity contribution in [3.63, 3.8) is 0 Å². The van der Waals surface area contributed by atoms with E-state index in [-0.39, 0.29) is 24.0 Å². The predicted octanol–water partition coefficient (Wildman–Crippen LogP) is 1.09. The third-order valence-corrected chi connectivity index (χ3v) is 6.11. The molecule has 1 aromatic heterocycles. The molecule has 2 rings (SSSR count). The highest BCUT2D eigenvalue weighted by atomic mass is 32.2. The van der Waals surface area contributed by atoms with E-state index in [2.05, 4.69) is 9.97 Å². The molecule has 2 heterocycles. The van der Waals surface area contributed by atoms with Crippen molar-refractivity contribution >= 4 is 16.0 Å². The van der Waals surface area contributed by atoms with Crippen molar-refractivity contribution < 1.29 is 18.3 Å². The fourth-order valence-electron chi connectivity index (χ4n) is 2.69. The summed E-state index contributed by atoms with van der Waals surface area (Å²) in [5.41, 5.74) is -1.01. The number of aromatic amines is 1. The summed E-state index contributed by atoms with van der Waals surface area (Å²) in [6.07, 6.45) is 2.24. The largest absolute Gasteiger partial charge is 0.481 e. The second-order valence-electron chi connectivity index (χ2n) is 5.75. The van der Waals surface area contributed by atoms with Crippen molar-refractivity contribution in [2.24, 2.45) is 11.3 Å². The number of carboxylic acids is 1. The van der Waals surface area contributed by atoms with Gasteiger partial charge in [-0.15, -0.1) is 0 Å². The van der Waals surface area contributed by atoms with E-state index in [9.17, 15) is 18.3 Å². The highest BCUT2D eigenvalue weighted by molar-refractivity contribution is 7.89. The van der Waals surface area contributed by atoms with Crippen LogP contribution in [0.4, 0.5) is 0 Å². The van der Waals surface area contributed by atoms with E-state index < -0.39 is 21.4 Å². The van der Waals surface area contributed by atoms with Crippen molar-refractivity contribution in [1.29, 1.82) is 0 Å². The van der Waals surface area contributed by atoms with Crippen LogP contribution in [0.2, 0.25) is 0 Å². The highest BCUT2D eigenvalue weighted by Gasteiger charge is 2.50. The summed E-state index contributed by atoms with van der Waals surface area (Å²) in [5.74, 6) is -0.474. The van der Waals surface area contributed by atoms with Crippen molar-refractivity contribution in [2.45, 2.75) is 38.6 Å². The topological polar surface area (TPSA) is 103 Å². The molecule has 1 atom stereocenters. The Bertz CT molecular complexity index is 638. The molecule has 8 heteroatoms. The van der Waals surface area contributed by atoms with Crippen LogP contribution in [0.25, 0.3) is 0 Å². The number of carboxylic acid groups (broad SMARTS) is 1. The van der Waals surface area contributed by atoms with E-state index in [1.807, 2.05) is 20.8 Å². The van der Waals surface area contributed by atoms with Gasteiger partial charge < -0.3 is 10.1 Å². The Morgan fingerprint density at radius 1 is 1.57 bits per heavy atom. The quantitative estimate of drug-likeness (QED) is 0.846. The molecular formula is C13H21N3O4S. The number of carbonyl (C=O) groups is 1. The van der Waals surface area contributed by atoms with Gasteiger partial charge in [0.1, 0.15) is 5.82 Å². The zero-order chi connectivity index (χ0) is 15.8. The van der Waals surface area contributed by atoms with Crippen LogP contribution in [-0.2, 0) is 21.2 Å². The summed E-state index contributed by atoms with van der Waals surface area (Å²) >= 11 is 0. The van der Waals surface area contributed by atoms with Gasteiger partial charge in [0.05, 0.1) is 11.6 Å². The van der Waals surface area contributed by atoms with Crippen LogP contribution >= 0.6 is 0 Å². The molecule has 0 saturated carbocycles. The monoisotopic (exact) mass is 315 g/mol. The highest BCUT2D eigenvalue weighted by Crippen LogP contribution is 2.40. The van der Waals surface area contributed by atoms with E-state index in [4.69, 9.17) is 0 Å². The summed E-state index contributed by atoms with van der Waals surface area (Å²) in [5, 5.41) is 9.52. The maximum atomic E-state index is 12.6. The van der Waals surface area contributed by atoms with Gasteiger partial charge in [0.2, 0.25) is 0 Å².